The third-order valence-electron chi connectivity index (χ3n) is 5.20. The highest BCUT2D eigenvalue weighted by Crippen LogP contribution is 2.25. The van der Waals surface area contributed by atoms with E-state index in [0.717, 1.165) is 22.9 Å². The van der Waals surface area contributed by atoms with Crippen LogP contribution in [0, 0.1) is 6.92 Å². The van der Waals surface area contributed by atoms with Crippen molar-refractivity contribution in [3.05, 3.63) is 53.5 Å². The van der Waals surface area contributed by atoms with Gasteiger partial charge in [0.05, 0.1) is 29.3 Å². The summed E-state index contributed by atoms with van der Waals surface area (Å²) in [6, 6.07) is 7.90. The van der Waals surface area contributed by atoms with Crippen LogP contribution in [0.5, 0.6) is 0 Å². The molecule has 142 valence electrons. The Balaban J connectivity index is 1.40. The predicted octanol–water partition coefficient (Wildman–Crippen LogP) is 2.00. The van der Waals surface area contributed by atoms with Crippen LogP contribution in [-0.2, 0) is 16.3 Å². The SMILES string of the molecule is Cc1c(C(=O)NCCc2c[nH]c3ccccc23)cnn1C1CCS(=O)(=O)C1. The lowest BCUT2D eigenvalue weighted by atomic mass is 10.1. The number of aromatic amines is 1. The molecule has 1 fully saturated rings. The summed E-state index contributed by atoms with van der Waals surface area (Å²) in [4.78, 5) is 15.8. The van der Waals surface area contributed by atoms with E-state index in [1.807, 2.05) is 31.3 Å². The first-order valence-corrected chi connectivity index (χ1v) is 10.8. The van der Waals surface area contributed by atoms with Crippen LogP contribution >= 0.6 is 0 Å². The average Bonchev–Trinajstić information content (AvgIpc) is 3.32. The third-order valence-corrected chi connectivity index (χ3v) is 6.95. The van der Waals surface area contributed by atoms with Crippen molar-refractivity contribution < 1.29 is 13.2 Å². The molecule has 7 nitrogen and oxygen atoms in total. The molecule has 3 heterocycles. The van der Waals surface area contributed by atoms with E-state index in [2.05, 4.69) is 21.5 Å². The van der Waals surface area contributed by atoms with E-state index in [-0.39, 0.29) is 23.5 Å². The first-order chi connectivity index (χ1) is 12.9. The largest absolute Gasteiger partial charge is 0.361 e. The zero-order valence-corrected chi connectivity index (χ0v) is 15.9. The molecular formula is C19H22N4O3S. The summed E-state index contributed by atoms with van der Waals surface area (Å²) >= 11 is 0. The van der Waals surface area contributed by atoms with E-state index in [9.17, 15) is 13.2 Å². The monoisotopic (exact) mass is 386 g/mol. The number of fused-ring (bicyclic) bond motifs is 1. The van der Waals surface area contributed by atoms with Gasteiger partial charge in [-0.25, -0.2) is 8.42 Å². The van der Waals surface area contributed by atoms with Crippen LogP contribution in [0.1, 0.15) is 34.1 Å². The standard InChI is InChI=1S/C19H22N4O3S/c1-13-17(11-22-23(13)15-7-9-27(25,26)12-15)19(24)20-8-6-14-10-21-18-5-3-2-4-16(14)18/h2-5,10-11,15,21H,6-9,12H2,1H3,(H,20,24). The lowest BCUT2D eigenvalue weighted by Gasteiger charge is -2.11. The van der Waals surface area contributed by atoms with Gasteiger partial charge in [-0.15, -0.1) is 0 Å². The van der Waals surface area contributed by atoms with Gasteiger partial charge in [0, 0.05) is 29.3 Å². The minimum atomic E-state index is -2.99. The number of sulfone groups is 1. The van der Waals surface area contributed by atoms with Crippen molar-refractivity contribution in [2.75, 3.05) is 18.1 Å². The summed E-state index contributed by atoms with van der Waals surface area (Å²) in [6.45, 7) is 2.33. The van der Waals surface area contributed by atoms with Gasteiger partial charge in [0.1, 0.15) is 0 Å². The fraction of sp³-hybridized carbons (Fsp3) is 0.368. The van der Waals surface area contributed by atoms with Crippen LogP contribution in [0.4, 0.5) is 0 Å². The molecule has 3 aromatic rings. The Morgan fingerprint density at radius 1 is 1.37 bits per heavy atom. The predicted molar refractivity (Wildman–Crippen MR) is 104 cm³/mol. The Morgan fingerprint density at radius 2 is 2.19 bits per heavy atom. The van der Waals surface area contributed by atoms with Gasteiger partial charge in [-0.05, 0) is 31.4 Å². The Hall–Kier alpha value is -2.61. The molecule has 0 spiro atoms. The van der Waals surface area contributed by atoms with Gasteiger partial charge in [0.2, 0.25) is 0 Å². The van der Waals surface area contributed by atoms with Gasteiger partial charge in [-0.2, -0.15) is 5.10 Å². The fourth-order valence-electron chi connectivity index (χ4n) is 3.73. The van der Waals surface area contributed by atoms with Crippen molar-refractivity contribution in [2.24, 2.45) is 0 Å². The molecule has 1 amide bonds. The molecule has 1 unspecified atom stereocenters. The summed E-state index contributed by atoms with van der Waals surface area (Å²) in [7, 11) is -2.99. The van der Waals surface area contributed by atoms with Gasteiger partial charge in [-0.1, -0.05) is 18.2 Å². The number of aromatic nitrogens is 3. The number of nitrogens with one attached hydrogen (secondary N) is 2. The van der Waals surface area contributed by atoms with Crippen LogP contribution in [-0.4, -0.2) is 47.1 Å². The second-order valence-electron chi connectivity index (χ2n) is 7.01. The Kier molecular flexibility index (Phi) is 4.51. The molecule has 2 aromatic heterocycles. The molecule has 1 atom stereocenters. The minimum absolute atomic E-state index is 0.0944. The summed E-state index contributed by atoms with van der Waals surface area (Å²) in [5.74, 6) is 0.0970. The second-order valence-corrected chi connectivity index (χ2v) is 9.24. The zero-order valence-electron chi connectivity index (χ0n) is 15.1. The highest BCUT2D eigenvalue weighted by Gasteiger charge is 2.31. The maximum atomic E-state index is 12.5. The van der Waals surface area contributed by atoms with E-state index in [1.165, 1.54) is 6.20 Å². The molecule has 2 N–H and O–H groups in total. The smallest absolute Gasteiger partial charge is 0.254 e. The number of H-pyrrole nitrogens is 1. The van der Waals surface area contributed by atoms with E-state index in [0.29, 0.717) is 24.2 Å². The Labute approximate surface area is 157 Å². The van der Waals surface area contributed by atoms with Crippen molar-refractivity contribution in [1.29, 1.82) is 0 Å². The van der Waals surface area contributed by atoms with Crippen LogP contribution in [0.25, 0.3) is 10.9 Å². The molecule has 0 bridgehead atoms. The Bertz CT molecular complexity index is 1100. The quantitative estimate of drug-likeness (QED) is 0.701. The van der Waals surface area contributed by atoms with E-state index >= 15 is 0 Å². The molecule has 1 aliphatic rings. The Morgan fingerprint density at radius 3 is 2.96 bits per heavy atom. The van der Waals surface area contributed by atoms with E-state index < -0.39 is 9.84 Å². The first-order valence-electron chi connectivity index (χ1n) is 9.02. The normalized spacial score (nSPS) is 18.8. The molecule has 27 heavy (non-hydrogen) atoms. The van der Waals surface area contributed by atoms with Crippen LogP contribution in [0.15, 0.2) is 36.7 Å². The van der Waals surface area contributed by atoms with Crippen LogP contribution < -0.4 is 5.32 Å². The maximum absolute atomic E-state index is 12.5. The van der Waals surface area contributed by atoms with Crippen molar-refractivity contribution in [2.45, 2.75) is 25.8 Å². The van der Waals surface area contributed by atoms with Gasteiger partial charge in [0.25, 0.3) is 5.91 Å². The summed E-state index contributed by atoms with van der Waals surface area (Å²) < 4.78 is 25.1. The summed E-state index contributed by atoms with van der Waals surface area (Å²) in [6.07, 6.45) is 4.78. The molecule has 0 aliphatic carbocycles. The lowest BCUT2D eigenvalue weighted by molar-refractivity contribution is 0.0953. The van der Waals surface area contributed by atoms with Crippen LogP contribution in [0.2, 0.25) is 0 Å². The molecule has 0 radical (unpaired) electrons. The van der Waals surface area contributed by atoms with Gasteiger partial charge >= 0.3 is 0 Å². The van der Waals surface area contributed by atoms with Gasteiger partial charge in [-0.3, -0.25) is 9.48 Å². The highest BCUT2D eigenvalue weighted by atomic mass is 32.2. The molecule has 1 aliphatic heterocycles. The first kappa shape index (κ1) is 17.8. The molecule has 8 heteroatoms. The number of hydrogen-bond donors (Lipinski definition) is 2. The van der Waals surface area contributed by atoms with Crippen molar-refractivity contribution >= 4 is 26.6 Å². The second kappa shape index (κ2) is 6.84. The number of carbonyl (C=O) groups is 1. The number of carbonyl (C=O) groups excluding carboxylic acids is 1. The van der Waals surface area contributed by atoms with Gasteiger partial charge in [0.15, 0.2) is 9.84 Å². The number of para-hydroxylation sites is 1. The number of amides is 1. The van der Waals surface area contributed by atoms with Gasteiger partial charge < -0.3 is 10.3 Å². The van der Waals surface area contributed by atoms with Crippen molar-refractivity contribution in [1.82, 2.24) is 20.1 Å². The summed E-state index contributed by atoms with van der Waals surface area (Å²) in [5, 5.41) is 8.37. The van der Waals surface area contributed by atoms with Crippen LogP contribution in [0.3, 0.4) is 0 Å². The zero-order chi connectivity index (χ0) is 19.0. The molecule has 1 aromatic carbocycles. The van der Waals surface area contributed by atoms with E-state index in [1.54, 1.807) is 4.68 Å². The van der Waals surface area contributed by atoms with E-state index in [4.69, 9.17) is 0 Å². The number of rotatable bonds is 5. The molecule has 1 saturated heterocycles. The van der Waals surface area contributed by atoms with Crippen molar-refractivity contribution in [3.8, 4) is 0 Å². The molecular weight excluding hydrogens is 364 g/mol. The fourth-order valence-corrected chi connectivity index (χ4v) is 5.42. The summed E-state index contributed by atoms with van der Waals surface area (Å²) in [5.41, 5.74) is 3.46. The number of benzene rings is 1. The minimum Gasteiger partial charge on any atom is -0.361 e. The highest BCUT2D eigenvalue weighted by molar-refractivity contribution is 7.91. The molecule has 4 rings (SSSR count). The molecule has 0 saturated carbocycles. The maximum Gasteiger partial charge on any atom is 0.254 e. The average molecular weight is 386 g/mol. The lowest BCUT2D eigenvalue weighted by Crippen LogP contribution is -2.26. The third kappa shape index (κ3) is 3.49. The topological polar surface area (TPSA) is 96.8 Å². The number of nitrogens with zero attached hydrogens (tertiary/aromatic N) is 2. The van der Waals surface area contributed by atoms with Crippen molar-refractivity contribution in [3.63, 3.8) is 0 Å². The number of hydrogen-bond acceptors (Lipinski definition) is 4.